The highest BCUT2D eigenvalue weighted by atomic mass is 19.4. The summed E-state index contributed by atoms with van der Waals surface area (Å²) in [6.45, 7) is 0. The molecule has 0 saturated heterocycles. The lowest BCUT2D eigenvalue weighted by molar-refractivity contribution is -0.136. The third-order valence-electron chi connectivity index (χ3n) is 2.30. The predicted molar refractivity (Wildman–Crippen MR) is 57.8 cm³/mol. The van der Waals surface area contributed by atoms with E-state index in [-0.39, 0.29) is 6.42 Å². The molecule has 0 aliphatic carbocycles. The van der Waals surface area contributed by atoms with Crippen LogP contribution in [-0.4, -0.2) is 24.3 Å². The van der Waals surface area contributed by atoms with Crippen LogP contribution in [0.3, 0.4) is 0 Å². The Balaban J connectivity index is 2.42. The molecule has 6 heteroatoms. The van der Waals surface area contributed by atoms with Gasteiger partial charge in [0.25, 0.3) is 0 Å². The zero-order valence-corrected chi connectivity index (χ0v) is 9.50. The molecule has 0 saturated carbocycles. The normalized spacial score (nSPS) is 13.5. The van der Waals surface area contributed by atoms with Crippen molar-refractivity contribution in [1.29, 1.82) is 0 Å². The molecule has 2 N–H and O–H groups in total. The van der Waals surface area contributed by atoms with Crippen molar-refractivity contribution in [1.82, 2.24) is 4.98 Å². The monoisotopic (exact) mass is 248 g/mol. The summed E-state index contributed by atoms with van der Waals surface area (Å²) >= 11 is 0. The number of pyridine rings is 1. The molecular formula is C11H15F3N2O. The second kappa shape index (κ2) is 5.86. The van der Waals surface area contributed by atoms with Gasteiger partial charge in [-0.3, -0.25) is 0 Å². The van der Waals surface area contributed by atoms with Crippen molar-refractivity contribution in [3.05, 3.63) is 23.9 Å². The van der Waals surface area contributed by atoms with Crippen LogP contribution < -0.4 is 10.5 Å². The molecule has 0 fully saturated rings. The van der Waals surface area contributed by atoms with Crippen LogP contribution in [0.5, 0.6) is 5.88 Å². The van der Waals surface area contributed by atoms with Crippen molar-refractivity contribution in [2.24, 2.45) is 5.73 Å². The first-order valence-corrected chi connectivity index (χ1v) is 5.22. The van der Waals surface area contributed by atoms with E-state index in [0.29, 0.717) is 12.3 Å². The summed E-state index contributed by atoms with van der Waals surface area (Å²) in [5, 5.41) is 0. The van der Waals surface area contributed by atoms with E-state index in [1.54, 1.807) is 18.3 Å². The SMILES string of the molecule is COc1ccc(CC(N)CCC(F)(F)F)cn1. The van der Waals surface area contributed by atoms with Crippen molar-refractivity contribution in [2.45, 2.75) is 31.5 Å². The fraction of sp³-hybridized carbons (Fsp3) is 0.545. The second-order valence-electron chi connectivity index (χ2n) is 3.83. The quantitative estimate of drug-likeness (QED) is 0.869. The fourth-order valence-corrected chi connectivity index (χ4v) is 1.41. The van der Waals surface area contributed by atoms with Crippen LogP contribution in [0.2, 0.25) is 0 Å². The molecule has 1 aromatic heterocycles. The molecule has 0 radical (unpaired) electrons. The smallest absolute Gasteiger partial charge is 0.389 e. The third kappa shape index (κ3) is 5.53. The fourth-order valence-electron chi connectivity index (χ4n) is 1.41. The number of hydrogen-bond acceptors (Lipinski definition) is 3. The Morgan fingerprint density at radius 3 is 2.59 bits per heavy atom. The second-order valence-corrected chi connectivity index (χ2v) is 3.83. The highest BCUT2D eigenvalue weighted by Gasteiger charge is 2.27. The number of halogens is 3. The number of ether oxygens (including phenoxy) is 1. The Labute approximate surface area is 97.8 Å². The minimum absolute atomic E-state index is 0.0739. The number of hydrogen-bond donors (Lipinski definition) is 1. The molecule has 1 atom stereocenters. The lowest BCUT2D eigenvalue weighted by Crippen LogP contribution is -2.25. The highest BCUT2D eigenvalue weighted by Crippen LogP contribution is 2.22. The van der Waals surface area contributed by atoms with E-state index in [0.717, 1.165) is 5.56 Å². The van der Waals surface area contributed by atoms with Gasteiger partial charge in [-0.25, -0.2) is 4.98 Å². The molecule has 17 heavy (non-hydrogen) atoms. The Kier molecular flexibility index (Phi) is 4.74. The van der Waals surface area contributed by atoms with Gasteiger partial charge in [-0.15, -0.1) is 0 Å². The van der Waals surface area contributed by atoms with Crippen LogP contribution in [0.25, 0.3) is 0 Å². The number of nitrogens with two attached hydrogens (primary N) is 1. The van der Waals surface area contributed by atoms with E-state index < -0.39 is 18.6 Å². The third-order valence-corrected chi connectivity index (χ3v) is 2.30. The van der Waals surface area contributed by atoms with Gasteiger partial charge in [0.2, 0.25) is 5.88 Å². The van der Waals surface area contributed by atoms with E-state index in [1.807, 2.05) is 0 Å². The van der Waals surface area contributed by atoms with Crippen LogP contribution in [0, 0.1) is 0 Å². The van der Waals surface area contributed by atoms with Gasteiger partial charge in [-0.1, -0.05) is 6.07 Å². The molecule has 1 unspecified atom stereocenters. The number of methoxy groups -OCH3 is 1. The van der Waals surface area contributed by atoms with E-state index in [1.165, 1.54) is 7.11 Å². The summed E-state index contributed by atoms with van der Waals surface area (Å²) in [7, 11) is 1.50. The van der Waals surface area contributed by atoms with Crippen LogP contribution >= 0.6 is 0 Å². The topological polar surface area (TPSA) is 48.1 Å². The molecular weight excluding hydrogens is 233 g/mol. The summed E-state index contributed by atoms with van der Waals surface area (Å²) < 4.78 is 40.8. The molecule has 1 heterocycles. The molecule has 3 nitrogen and oxygen atoms in total. The van der Waals surface area contributed by atoms with Crippen LogP contribution in [-0.2, 0) is 6.42 Å². The lowest BCUT2D eigenvalue weighted by Gasteiger charge is -2.13. The van der Waals surface area contributed by atoms with Crippen molar-refractivity contribution in [3.8, 4) is 5.88 Å². The first-order chi connectivity index (χ1) is 7.90. The van der Waals surface area contributed by atoms with E-state index in [4.69, 9.17) is 10.5 Å². The maximum Gasteiger partial charge on any atom is 0.389 e. The summed E-state index contributed by atoms with van der Waals surface area (Å²) in [6.07, 6.45) is -3.12. The van der Waals surface area contributed by atoms with Crippen LogP contribution in [0.4, 0.5) is 13.2 Å². The van der Waals surface area contributed by atoms with Crippen molar-refractivity contribution < 1.29 is 17.9 Å². The Bertz CT molecular complexity index is 338. The average molecular weight is 248 g/mol. The molecule has 0 spiro atoms. The molecule has 0 aliphatic heterocycles. The number of nitrogens with zero attached hydrogens (tertiary/aromatic N) is 1. The molecule has 1 rings (SSSR count). The van der Waals surface area contributed by atoms with E-state index in [2.05, 4.69) is 4.98 Å². The minimum Gasteiger partial charge on any atom is -0.481 e. The van der Waals surface area contributed by atoms with Gasteiger partial charge >= 0.3 is 6.18 Å². The zero-order valence-electron chi connectivity index (χ0n) is 9.50. The van der Waals surface area contributed by atoms with Gasteiger partial charge in [0, 0.05) is 24.7 Å². The molecule has 0 amide bonds. The van der Waals surface area contributed by atoms with Gasteiger partial charge < -0.3 is 10.5 Å². The van der Waals surface area contributed by atoms with Gasteiger partial charge in [0.05, 0.1) is 7.11 Å². The summed E-state index contributed by atoms with van der Waals surface area (Å²) in [6, 6.07) is 2.90. The standard InChI is InChI=1S/C11H15F3N2O/c1-17-10-3-2-8(7-16-10)6-9(15)4-5-11(12,13)14/h2-3,7,9H,4-6,15H2,1H3. The lowest BCUT2D eigenvalue weighted by atomic mass is 10.0. The minimum atomic E-state index is -4.14. The summed E-state index contributed by atoms with van der Waals surface area (Å²) in [5.41, 5.74) is 6.43. The maximum absolute atomic E-state index is 12.0. The molecule has 0 bridgehead atoms. The van der Waals surface area contributed by atoms with Crippen LogP contribution in [0.15, 0.2) is 18.3 Å². The van der Waals surface area contributed by atoms with E-state index >= 15 is 0 Å². The van der Waals surface area contributed by atoms with E-state index in [9.17, 15) is 13.2 Å². The number of rotatable bonds is 5. The number of aromatic nitrogens is 1. The van der Waals surface area contributed by atoms with Crippen LogP contribution in [0.1, 0.15) is 18.4 Å². The zero-order chi connectivity index (χ0) is 12.9. The number of alkyl halides is 3. The molecule has 1 aromatic rings. The Morgan fingerprint density at radius 1 is 1.41 bits per heavy atom. The van der Waals surface area contributed by atoms with Gasteiger partial charge in [-0.2, -0.15) is 13.2 Å². The van der Waals surface area contributed by atoms with Gasteiger partial charge in [0.15, 0.2) is 0 Å². The Morgan fingerprint density at radius 2 is 2.12 bits per heavy atom. The first-order valence-electron chi connectivity index (χ1n) is 5.22. The average Bonchev–Trinajstić information content (AvgIpc) is 2.27. The summed E-state index contributed by atoms with van der Waals surface area (Å²) in [4.78, 5) is 3.96. The molecule has 96 valence electrons. The highest BCUT2D eigenvalue weighted by molar-refractivity contribution is 5.18. The molecule has 0 aromatic carbocycles. The molecule has 0 aliphatic rings. The van der Waals surface area contributed by atoms with Gasteiger partial charge in [-0.05, 0) is 18.4 Å². The largest absolute Gasteiger partial charge is 0.481 e. The first kappa shape index (κ1) is 13.8. The van der Waals surface area contributed by atoms with Crippen molar-refractivity contribution in [3.63, 3.8) is 0 Å². The van der Waals surface area contributed by atoms with Crippen molar-refractivity contribution >= 4 is 0 Å². The predicted octanol–water partition coefficient (Wildman–Crippen LogP) is 2.30. The Hall–Kier alpha value is -1.30. The maximum atomic E-state index is 12.0. The summed E-state index contributed by atoms with van der Waals surface area (Å²) in [5.74, 6) is 0.470. The van der Waals surface area contributed by atoms with Crippen molar-refractivity contribution in [2.75, 3.05) is 7.11 Å². The van der Waals surface area contributed by atoms with Gasteiger partial charge in [0.1, 0.15) is 0 Å².